The van der Waals surface area contributed by atoms with Crippen LogP contribution in [0.15, 0.2) is 47.4 Å². The van der Waals surface area contributed by atoms with Crippen molar-refractivity contribution in [1.29, 1.82) is 0 Å². The maximum absolute atomic E-state index is 12.7. The number of carbonyl (C=O) groups is 1. The normalized spacial score (nSPS) is 16.5. The molecule has 1 aliphatic heterocycles. The first-order chi connectivity index (χ1) is 11.0. The maximum atomic E-state index is 12.7. The van der Waals surface area contributed by atoms with Gasteiger partial charge in [0.1, 0.15) is 0 Å². The summed E-state index contributed by atoms with van der Waals surface area (Å²) in [7, 11) is 0. The molecule has 0 N–H and O–H groups in total. The van der Waals surface area contributed by atoms with Gasteiger partial charge in [-0.05, 0) is 35.9 Å². The number of nitrogens with zero attached hydrogens (tertiary/aromatic N) is 1. The van der Waals surface area contributed by atoms with Crippen molar-refractivity contribution in [2.24, 2.45) is 0 Å². The van der Waals surface area contributed by atoms with E-state index in [9.17, 15) is 4.79 Å². The van der Waals surface area contributed by atoms with Crippen molar-refractivity contribution in [2.75, 3.05) is 4.90 Å². The van der Waals surface area contributed by atoms with Gasteiger partial charge in [0.2, 0.25) is 0 Å². The Bertz CT molecular complexity index is 851. The van der Waals surface area contributed by atoms with Crippen molar-refractivity contribution in [1.82, 2.24) is 0 Å². The lowest BCUT2D eigenvalue weighted by Crippen LogP contribution is -2.27. The molecular formula is C16H8Cl3NOS2. The standard InChI is InChI=1S/C16H8Cl3NOS2/c17-11-4-2-1-3-9(11)7-14-15(21)20(16(22)23-14)10-5-6-12(18)13(19)8-10/h1-8H. The van der Waals surface area contributed by atoms with E-state index >= 15 is 0 Å². The van der Waals surface area contributed by atoms with Crippen LogP contribution in [0.25, 0.3) is 6.08 Å². The Morgan fingerprint density at radius 1 is 1.00 bits per heavy atom. The topological polar surface area (TPSA) is 20.3 Å². The van der Waals surface area contributed by atoms with E-state index < -0.39 is 0 Å². The van der Waals surface area contributed by atoms with Crippen molar-refractivity contribution in [2.45, 2.75) is 0 Å². The highest BCUT2D eigenvalue weighted by molar-refractivity contribution is 8.27. The van der Waals surface area contributed by atoms with Crippen molar-refractivity contribution in [3.63, 3.8) is 0 Å². The van der Waals surface area contributed by atoms with Gasteiger partial charge in [0.05, 0.1) is 20.6 Å². The van der Waals surface area contributed by atoms with Crippen LogP contribution in [0.3, 0.4) is 0 Å². The van der Waals surface area contributed by atoms with E-state index in [1.54, 1.807) is 30.3 Å². The van der Waals surface area contributed by atoms with Crippen LogP contribution in [0, 0.1) is 0 Å². The van der Waals surface area contributed by atoms with E-state index in [0.717, 1.165) is 5.56 Å². The molecule has 0 bridgehead atoms. The third-order valence-corrected chi connectivity index (χ3v) is 5.53. The SMILES string of the molecule is O=C1C(=Cc2ccccc2Cl)SC(=S)N1c1ccc(Cl)c(Cl)c1. The summed E-state index contributed by atoms with van der Waals surface area (Å²) < 4.78 is 0.437. The second kappa shape index (κ2) is 6.83. The number of thioether (sulfide) groups is 1. The molecule has 3 rings (SSSR count). The highest BCUT2D eigenvalue weighted by Crippen LogP contribution is 2.38. The monoisotopic (exact) mass is 399 g/mol. The first kappa shape index (κ1) is 16.8. The Kier molecular flexibility index (Phi) is 4.99. The van der Waals surface area contributed by atoms with Gasteiger partial charge >= 0.3 is 0 Å². The molecule has 1 fully saturated rings. The fourth-order valence-corrected chi connectivity index (χ4v) is 3.82. The number of amides is 1. The van der Waals surface area contributed by atoms with Crippen molar-refractivity contribution < 1.29 is 4.79 Å². The lowest BCUT2D eigenvalue weighted by atomic mass is 10.2. The molecule has 0 aromatic heterocycles. The minimum atomic E-state index is -0.210. The number of benzene rings is 2. The summed E-state index contributed by atoms with van der Waals surface area (Å²) in [5.74, 6) is -0.210. The molecule has 0 saturated carbocycles. The highest BCUT2D eigenvalue weighted by atomic mass is 35.5. The molecule has 2 nitrogen and oxygen atoms in total. The second-order valence-corrected chi connectivity index (χ2v) is 7.53. The molecule has 1 heterocycles. The summed E-state index contributed by atoms with van der Waals surface area (Å²) in [4.78, 5) is 14.6. The summed E-state index contributed by atoms with van der Waals surface area (Å²) in [6, 6.07) is 12.3. The Morgan fingerprint density at radius 2 is 1.74 bits per heavy atom. The van der Waals surface area contributed by atoms with Gasteiger partial charge in [0, 0.05) is 5.02 Å². The van der Waals surface area contributed by atoms with Gasteiger partial charge in [-0.2, -0.15) is 0 Å². The van der Waals surface area contributed by atoms with Gasteiger partial charge in [-0.25, -0.2) is 0 Å². The fraction of sp³-hybridized carbons (Fsp3) is 0. The minimum Gasteiger partial charge on any atom is -0.268 e. The third kappa shape index (κ3) is 3.42. The van der Waals surface area contributed by atoms with Crippen LogP contribution in [0.4, 0.5) is 5.69 Å². The molecule has 0 radical (unpaired) electrons. The zero-order valence-electron chi connectivity index (χ0n) is 11.4. The molecule has 2 aromatic carbocycles. The second-order valence-electron chi connectivity index (χ2n) is 4.64. The smallest absolute Gasteiger partial charge is 0.268 e. The number of hydrogen-bond acceptors (Lipinski definition) is 3. The minimum absolute atomic E-state index is 0.210. The van der Waals surface area contributed by atoms with Crippen LogP contribution in [0.2, 0.25) is 15.1 Å². The van der Waals surface area contributed by atoms with Crippen LogP contribution in [-0.2, 0) is 4.79 Å². The molecule has 0 unspecified atom stereocenters. The number of thiocarbonyl (C=S) groups is 1. The van der Waals surface area contributed by atoms with Gasteiger partial charge in [-0.1, -0.05) is 77.0 Å². The summed E-state index contributed by atoms with van der Waals surface area (Å²) in [5, 5.41) is 1.37. The summed E-state index contributed by atoms with van der Waals surface area (Å²) >= 11 is 24.6. The molecule has 1 saturated heterocycles. The Hall–Kier alpha value is -1.04. The number of rotatable bonds is 2. The Balaban J connectivity index is 1.97. The highest BCUT2D eigenvalue weighted by Gasteiger charge is 2.33. The van der Waals surface area contributed by atoms with E-state index in [1.807, 2.05) is 18.2 Å². The number of hydrogen-bond donors (Lipinski definition) is 0. The van der Waals surface area contributed by atoms with Crippen LogP contribution in [0.1, 0.15) is 5.56 Å². The van der Waals surface area contributed by atoms with E-state index in [4.69, 9.17) is 47.0 Å². The molecule has 116 valence electrons. The van der Waals surface area contributed by atoms with Crippen molar-refractivity contribution in [3.05, 3.63) is 68.0 Å². The number of anilines is 1. The van der Waals surface area contributed by atoms with E-state index in [2.05, 4.69) is 0 Å². The molecule has 0 spiro atoms. The Labute approximate surface area is 158 Å². The lowest BCUT2D eigenvalue weighted by molar-refractivity contribution is -0.113. The molecule has 0 atom stereocenters. The summed E-state index contributed by atoms with van der Waals surface area (Å²) in [6.45, 7) is 0. The van der Waals surface area contributed by atoms with Gasteiger partial charge in [-0.3, -0.25) is 9.69 Å². The third-order valence-electron chi connectivity index (χ3n) is 3.15. The first-order valence-corrected chi connectivity index (χ1v) is 8.81. The molecule has 2 aromatic rings. The molecule has 7 heteroatoms. The average Bonchev–Trinajstić information content (AvgIpc) is 2.79. The zero-order valence-corrected chi connectivity index (χ0v) is 15.3. The van der Waals surface area contributed by atoms with Crippen LogP contribution in [0.5, 0.6) is 0 Å². The van der Waals surface area contributed by atoms with Gasteiger partial charge in [-0.15, -0.1) is 0 Å². The molecule has 23 heavy (non-hydrogen) atoms. The summed E-state index contributed by atoms with van der Waals surface area (Å²) in [6.07, 6.45) is 1.74. The predicted octanol–water partition coefficient (Wildman–Crippen LogP) is 6.05. The quantitative estimate of drug-likeness (QED) is 0.452. The first-order valence-electron chi connectivity index (χ1n) is 6.45. The van der Waals surface area contributed by atoms with E-state index in [0.29, 0.717) is 30.0 Å². The summed E-state index contributed by atoms with van der Waals surface area (Å²) in [5.41, 5.74) is 1.35. The van der Waals surface area contributed by atoms with Crippen LogP contribution in [-0.4, -0.2) is 10.2 Å². The zero-order chi connectivity index (χ0) is 16.6. The van der Waals surface area contributed by atoms with Crippen LogP contribution < -0.4 is 4.90 Å². The van der Waals surface area contributed by atoms with Crippen molar-refractivity contribution >= 4 is 80.8 Å². The lowest BCUT2D eigenvalue weighted by Gasteiger charge is -2.15. The van der Waals surface area contributed by atoms with E-state index in [1.165, 1.54) is 16.7 Å². The largest absolute Gasteiger partial charge is 0.270 e. The van der Waals surface area contributed by atoms with Crippen molar-refractivity contribution in [3.8, 4) is 0 Å². The number of carbonyl (C=O) groups excluding carboxylic acids is 1. The predicted molar refractivity (Wildman–Crippen MR) is 104 cm³/mol. The van der Waals surface area contributed by atoms with Crippen LogP contribution >= 0.6 is 58.8 Å². The molecular weight excluding hydrogens is 393 g/mol. The average molecular weight is 401 g/mol. The Morgan fingerprint density at radius 3 is 2.43 bits per heavy atom. The molecule has 1 amide bonds. The van der Waals surface area contributed by atoms with Gasteiger partial charge in [0.15, 0.2) is 4.32 Å². The fourth-order valence-electron chi connectivity index (χ4n) is 2.05. The maximum Gasteiger partial charge on any atom is 0.270 e. The molecule has 0 aliphatic carbocycles. The number of halogens is 3. The van der Waals surface area contributed by atoms with Gasteiger partial charge < -0.3 is 0 Å². The van der Waals surface area contributed by atoms with Gasteiger partial charge in [0.25, 0.3) is 5.91 Å². The van der Waals surface area contributed by atoms with E-state index in [-0.39, 0.29) is 5.91 Å². The molecule has 1 aliphatic rings.